The topological polar surface area (TPSA) is 98.2 Å². The zero-order valence-electron chi connectivity index (χ0n) is 20.0. The minimum atomic E-state index is -0.483. The lowest BCUT2D eigenvalue weighted by molar-refractivity contribution is 0.0387. The standard InChI is InChI=1S/C27H28N4O4/c1-18-23(27(33)35-15-14-34-3)19(2)29-24(18)26(32)28-16-21-17-31(22-12-8-5-9-13-22)30-25(21)20-10-6-4-7-11-20/h4-13,17,29H,14-16H2,1-3H3,(H,28,32). The summed E-state index contributed by atoms with van der Waals surface area (Å²) in [5.41, 5.74) is 5.37. The largest absolute Gasteiger partial charge is 0.460 e. The highest BCUT2D eigenvalue weighted by Gasteiger charge is 2.23. The third kappa shape index (κ3) is 5.33. The van der Waals surface area contributed by atoms with Crippen LogP contribution in [0.4, 0.5) is 0 Å². The van der Waals surface area contributed by atoms with Crippen molar-refractivity contribution < 1.29 is 19.1 Å². The van der Waals surface area contributed by atoms with Crippen LogP contribution in [0, 0.1) is 13.8 Å². The molecule has 0 unspecified atom stereocenters. The summed E-state index contributed by atoms with van der Waals surface area (Å²) in [6, 6.07) is 19.7. The van der Waals surface area contributed by atoms with E-state index in [1.54, 1.807) is 13.8 Å². The van der Waals surface area contributed by atoms with E-state index in [1.807, 2.05) is 71.5 Å². The van der Waals surface area contributed by atoms with Crippen LogP contribution in [0.2, 0.25) is 0 Å². The maximum atomic E-state index is 13.1. The third-order valence-corrected chi connectivity index (χ3v) is 5.69. The second kappa shape index (κ2) is 10.8. The van der Waals surface area contributed by atoms with Crippen LogP contribution in [-0.4, -0.2) is 47.0 Å². The number of aromatic nitrogens is 3. The number of ether oxygens (including phenoxy) is 2. The van der Waals surface area contributed by atoms with Gasteiger partial charge in [0.05, 0.1) is 23.6 Å². The summed E-state index contributed by atoms with van der Waals surface area (Å²) in [7, 11) is 1.54. The van der Waals surface area contributed by atoms with Crippen molar-refractivity contribution in [3.05, 3.63) is 94.9 Å². The molecule has 2 aromatic heterocycles. The monoisotopic (exact) mass is 472 g/mol. The summed E-state index contributed by atoms with van der Waals surface area (Å²) in [4.78, 5) is 28.6. The van der Waals surface area contributed by atoms with Gasteiger partial charge in [-0.25, -0.2) is 9.48 Å². The van der Waals surface area contributed by atoms with Crippen molar-refractivity contribution in [2.45, 2.75) is 20.4 Å². The van der Waals surface area contributed by atoms with Crippen molar-refractivity contribution in [1.29, 1.82) is 0 Å². The molecule has 8 heteroatoms. The van der Waals surface area contributed by atoms with E-state index in [9.17, 15) is 9.59 Å². The molecule has 0 aliphatic carbocycles. The fraction of sp³-hybridized carbons (Fsp3) is 0.222. The number of esters is 1. The van der Waals surface area contributed by atoms with Crippen LogP contribution in [0.3, 0.4) is 0 Å². The Hall–Kier alpha value is -4.17. The first-order chi connectivity index (χ1) is 17.0. The van der Waals surface area contributed by atoms with Gasteiger partial charge in [0, 0.05) is 36.7 Å². The summed E-state index contributed by atoms with van der Waals surface area (Å²) >= 11 is 0. The lowest BCUT2D eigenvalue weighted by Crippen LogP contribution is -2.24. The molecule has 4 rings (SSSR count). The molecule has 0 bridgehead atoms. The highest BCUT2D eigenvalue weighted by Crippen LogP contribution is 2.24. The normalized spacial score (nSPS) is 10.8. The number of hydrogen-bond donors (Lipinski definition) is 2. The lowest BCUT2D eigenvalue weighted by atomic mass is 10.1. The van der Waals surface area contributed by atoms with E-state index in [4.69, 9.17) is 14.6 Å². The van der Waals surface area contributed by atoms with Crippen molar-refractivity contribution in [2.24, 2.45) is 0 Å². The Balaban J connectivity index is 1.56. The predicted octanol–water partition coefficient (Wildman–Crippen LogP) is 4.22. The number of rotatable bonds is 9. The quantitative estimate of drug-likeness (QED) is 0.281. The minimum absolute atomic E-state index is 0.147. The maximum Gasteiger partial charge on any atom is 0.340 e. The molecule has 0 saturated carbocycles. The molecule has 4 aromatic rings. The third-order valence-electron chi connectivity index (χ3n) is 5.69. The van der Waals surface area contributed by atoms with Gasteiger partial charge in [0.2, 0.25) is 0 Å². The van der Waals surface area contributed by atoms with Gasteiger partial charge >= 0.3 is 5.97 Å². The van der Waals surface area contributed by atoms with E-state index >= 15 is 0 Å². The first kappa shape index (κ1) is 24.0. The van der Waals surface area contributed by atoms with Gasteiger partial charge in [-0.05, 0) is 31.5 Å². The Morgan fingerprint density at radius 3 is 2.37 bits per heavy atom. The Bertz CT molecular complexity index is 1310. The number of nitrogens with zero attached hydrogens (tertiary/aromatic N) is 2. The van der Waals surface area contributed by atoms with E-state index in [2.05, 4.69) is 10.3 Å². The number of carbonyl (C=O) groups is 2. The van der Waals surface area contributed by atoms with Gasteiger partial charge in [0.15, 0.2) is 0 Å². The molecular weight excluding hydrogens is 444 g/mol. The SMILES string of the molecule is COCCOC(=O)c1c(C)[nH]c(C(=O)NCc2cn(-c3ccccc3)nc2-c2ccccc2)c1C. The Labute approximate surface area is 203 Å². The Morgan fingerprint density at radius 2 is 1.69 bits per heavy atom. The molecule has 0 atom stereocenters. The molecule has 1 amide bonds. The van der Waals surface area contributed by atoms with Crippen LogP contribution in [0.5, 0.6) is 0 Å². The minimum Gasteiger partial charge on any atom is -0.460 e. The van der Waals surface area contributed by atoms with Gasteiger partial charge in [-0.2, -0.15) is 5.10 Å². The predicted molar refractivity (Wildman–Crippen MR) is 133 cm³/mol. The molecule has 35 heavy (non-hydrogen) atoms. The Kier molecular flexibility index (Phi) is 7.42. The molecule has 0 aliphatic heterocycles. The first-order valence-electron chi connectivity index (χ1n) is 11.3. The fourth-order valence-corrected chi connectivity index (χ4v) is 3.93. The van der Waals surface area contributed by atoms with E-state index < -0.39 is 5.97 Å². The molecule has 0 spiro atoms. The molecule has 8 nitrogen and oxygen atoms in total. The summed E-state index contributed by atoms with van der Waals surface area (Å²) < 4.78 is 12.0. The van der Waals surface area contributed by atoms with E-state index in [0.717, 1.165) is 22.5 Å². The number of aromatic amines is 1. The molecule has 180 valence electrons. The van der Waals surface area contributed by atoms with Gasteiger partial charge in [-0.1, -0.05) is 48.5 Å². The van der Waals surface area contributed by atoms with Gasteiger partial charge < -0.3 is 19.8 Å². The summed E-state index contributed by atoms with van der Waals surface area (Å²) in [6.45, 7) is 4.19. The lowest BCUT2D eigenvalue weighted by Gasteiger charge is -2.06. The number of aryl methyl sites for hydroxylation is 1. The van der Waals surface area contributed by atoms with Crippen LogP contribution in [0.15, 0.2) is 66.9 Å². The smallest absolute Gasteiger partial charge is 0.340 e. The van der Waals surface area contributed by atoms with Gasteiger partial charge in [-0.3, -0.25) is 4.79 Å². The Morgan fingerprint density at radius 1 is 1.00 bits per heavy atom. The number of H-pyrrole nitrogens is 1. The number of para-hydroxylation sites is 1. The average molecular weight is 473 g/mol. The highest BCUT2D eigenvalue weighted by molar-refractivity contribution is 6.00. The average Bonchev–Trinajstić information content (AvgIpc) is 3.44. The zero-order valence-corrected chi connectivity index (χ0v) is 20.0. The van der Waals surface area contributed by atoms with E-state index in [1.165, 1.54) is 7.11 Å². The van der Waals surface area contributed by atoms with Crippen LogP contribution in [0.1, 0.15) is 37.7 Å². The molecule has 2 aromatic carbocycles. The van der Waals surface area contributed by atoms with Crippen LogP contribution < -0.4 is 5.32 Å². The second-order valence-corrected chi connectivity index (χ2v) is 8.09. The molecule has 2 N–H and O–H groups in total. The van der Waals surface area contributed by atoms with Crippen molar-refractivity contribution in [3.63, 3.8) is 0 Å². The van der Waals surface area contributed by atoms with Gasteiger partial charge in [-0.15, -0.1) is 0 Å². The van der Waals surface area contributed by atoms with Crippen molar-refractivity contribution in [3.8, 4) is 16.9 Å². The highest BCUT2D eigenvalue weighted by atomic mass is 16.6. The molecule has 2 heterocycles. The van der Waals surface area contributed by atoms with E-state index in [0.29, 0.717) is 29.1 Å². The molecule has 0 fully saturated rings. The first-order valence-corrected chi connectivity index (χ1v) is 11.3. The number of amides is 1. The van der Waals surface area contributed by atoms with E-state index in [-0.39, 0.29) is 19.1 Å². The fourth-order valence-electron chi connectivity index (χ4n) is 3.93. The zero-order chi connectivity index (χ0) is 24.8. The summed E-state index contributed by atoms with van der Waals surface area (Å²) in [6.07, 6.45) is 1.92. The van der Waals surface area contributed by atoms with Gasteiger partial charge in [0.1, 0.15) is 12.3 Å². The molecule has 0 aliphatic rings. The van der Waals surface area contributed by atoms with Crippen molar-refractivity contribution in [2.75, 3.05) is 20.3 Å². The molecule has 0 radical (unpaired) electrons. The van der Waals surface area contributed by atoms with Gasteiger partial charge in [0.25, 0.3) is 5.91 Å². The maximum absolute atomic E-state index is 13.1. The molecular formula is C27H28N4O4. The van der Waals surface area contributed by atoms with Crippen molar-refractivity contribution in [1.82, 2.24) is 20.1 Å². The number of hydrogen-bond acceptors (Lipinski definition) is 5. The second-order valence-electron chi connectivity index (χ2n) is 8.09. The summed E-state index contributed by atoms with van der Waals surface area (Å²) in [5.74, 6) is -0.795. The number of carbonyl (C=O) groups excluding carboxylic acids is 2. The number of benzene rings is 2. The number of methoxy groups -OCH3 is 1. The molecule has 0 saturated heterocycles. The van der Waals surface area contributed by atoms with Crippen LogP contribution in [0.25, 0.3) is 16.9 Å². The number of nitrogens with one attached hydrogen (secondary N) is 2. The van der Waals surface area contributed by atoms with Crippen molar-refractivity contribution >= 4 is 11.9 Å². The van der Waals surface area contributed by atoms with Crippen LogP contribution >= 0.6 is 0 Å². The van der Waals surface area contributed by atoms with Crippen LogP contribution in [-0.2, 0) is 16.0 Å². The summed E-state index contributed by atoms with van der Waals surface area (Å²) in [5, 5.41) is 7.75.